The predicted molar refractivity (Wildman–Crippen MR) is 158 cm³/mol. The maximum Gasteiger partial charge on any atom is 0.261 e. The molecule has 2 N–H and O–H groups in total. The number of amides is 1. The SMILES string of the molecule is COc1cc(/C=C(/C#N)C(=O)NCCc2c[nH]c3ccccc23)c(Br)cc1OCc1cccc2ccccc12. The van der Waals surface area contributed by atoms with Crippen molar-refractivity contribution in [2.45, 2.75) is 13.0 Å². The van der Waals surface area contributed by atoms with E-state index in [0.29, 0.717) is 41.1 Å². The van der Waals surface area contributed by atoms with Gasteiger partial charge in [-0.25, -0.2) is 0 Å². The number of para-hydroxylation sites is 1. The average Bonchev–Trinajstić information content (AvgIpc) is 3.38. The van der Waals surface area contributed by atoms with Crippen LogP contribution in [0, 0.1) is 11.3 Å². The van der Waals surface area contributed by atoms with E-state index in [-0.39, 0.29) is 5.57 Å². The summed E-state index contributed by atoms with van der Waals surface area (Å²) in [6.45, 7) is 0.771. The number of H-pyrrole nitrogens is 1. The van der Waals surface area contributed by atoms with E-state index < -0.39 is 5.91 Å². The molecule has 0 radical (unpaired) electrons. The van der Waals surface area contributed by atoms with Crippen molar-refractivity contribution in [3.05, 3.63) is 112 Å². The number of fused-ring (bicyclic) bond motifs is 2. The number of rotatable bonds is 9. The number of aromatic nitrogens is 1. The Hall–Kier alpha value is -4.54. The van der Waals surface area contributed by atoms with Crippen LogP contribution < -0.4 is 14.8 Å². The third-order valence-corrected chi connectivity index (χ3v) is 7.25. The van der Waals surface area contributed by atoms with Crippen LogP contribution in [0.15, 0.2) is 95.1 Å². The molecule has 1 aromatic heterocycles. The number of aromatic amines is 1. The quantitative estimate of drug-likeness (QED) is 0.146. The molecule has 0 saturated heterocycles. The molecule has 0 aliphatic heterocycles. The fourth-order valence-corrected chi connectivity index (χ4v) is 4.99. The third kappa shape index (κ3) is 5.82. The minimum Gasteiger partial charge on any atom is -0.493 e. The Morgan fingerprint density at radius 1 is 1.00 bits per heavy atom. The van der Waals surface area contributed by atoms with Crippen molar-refractivity contribution in [3.63, 3.8) is 0 Å². The van der Waals surface area contributed by atoms with Gasteiger partial charge in [0.25, 0.3) is 5.91 Å². The van der Waals surface area contributed by atoms with Gasteiger partial charge in [-0.3, -0.25) is 4.79 Å². The highest BCUT2D eigenvalue weighted by Gasteiger charge is 2.14. The Balaban J connectivity index is 1.28. The minimum atomic E-state index is -0.431. The van der Waals surface area contributed by atoms with Gasteiger partial charge in [0, 0.05) is 28.1 Å². The second-order valence-electron chi connectivity index (χ2n) is 8.99. The molecule has 1 amide bonds. The lowest BCUT2D eigenvalue weighted by molar-refractivity contribution is -0.117. The smallest absolute Gasteiger partial charge is 0.261 e. The lowest BCUT2D eigenvalue weighted by Gasteiger charge is -2.14. The summed E-state index contributed by atoms with van der Waals surface area (Å²) in [6.07, 6.45) is 4.14. The zero-order valence-electron chi connectivity index (χ0n) is 21.3. The van der Waals surface area contributed by atoms with E-state index in [1.807, 2.05) is 60.8 Å². The molecule has 0 aliphatic rings. The van der Waals surface area contributed by atoms with Crippen molar-refractivity contribution in [1.29, 1.82) is 5.26 Å². The molecule has 39 heavy (non-hydrogen) atoms. The van der Waals surface area contributed by atoms with Crippen LogP contribution in [-0.2, 0) is 17.8 Å². The Morgan fingerprint density at radius 2 is 1.77 bits per heavy atom. The lowest BCUT2D eigenvalue weighted by atomic mass is 10.1. The zero-order chi connectivity index (χ0) is 27.2. The molecule has 5 rings (SSSR count). The van der Waals surface area contributed by atoms with Crippen LogP contribution in [0.25, 0.3) is 27.8 Å². The van der Waals surface area contributed by atoms with Gasteiger partial charge in [-0.1, -0.05) is 76.6 Å². The number of hydrogen-bond donors (Lipinski definition) is 2. The molecule has 0 aliphatic carbocycles. The number of hydrogen-bond acceptors (Lipinski definition) is 4. The fourth-order valence-electron chi connectivity index (χ4n) is 4.56. The molecule has 194 valence electrons. The van der Waals surface area contributed by atoms with Gasteiger partial charge in [-0.05, 0) is 58.2 Å². The maximum absolute atomic E-state index is 12.8. The van der Waals surface area contributed by atoms with Crippen molar-refractivity contribution < 1.29 is 14.3 Å². The molecule has 0 atom stereocenters. The van der Waals surface area contributed by atoms with Gasteiger partial charge >= 0.3 is 0 Å². The number of nitriles is 1. The first-order valence-electron chi connectivity index (χ1n) is 12.5. The van der Waals surface area contributed by atoms with Crippen LogP contribution in [0.5, 0.6) is 11.5 Å². The highest BCUT2D eigenvalue weighted by atomic mass is 79.9. The van der Waals surface area contributed by atoms with E-state index in [0.717, 1.165) is 32.8 Å². The lowest BCUT2D eigenvalue weighted by Crippen LogP contribution is -2.26. The summed E-state index contributed by atoms with van der Waals surface area (Å²) in [6, 6.07) is 27.9. The number of carbonyl (C=O) groups excluding carboxylic acids is 1. The summed E-state index contributed by atoms with van der Waals surface area (Å²) in [7, 11) is 1.56. The standard InChI is InChI=1S/C32H26BrN3O3/c1-38-30-16-24(28(33)17-31(30)39-20-23-9-6-8-21-7-2-3-10-26(21)23)15-25(18-34)32(37)35-14-13-22-19-36-29-12-5-4-11-27(22)29/h2-12,15-17,19,36H,13-14,20H2,1H3,(H,35,37)/b25-15-. The average molecular weight is 580 g/mol. The highest BCUT2D eigenvalue weighted by molar-refractivity contribution is 9.10. The number of nitrogens with zero attached hydrogens (tertiary/aromatic N) is 1. The van der Waals surface area contributed by atoms with Crippen LogP contribution in [0.4, 0.5) is 0 Å². The van der Waals surface area contributed by atoms with E-state index >= 15 is 0 Å². The molecular formula is C32H26BrN3O3. The summed E-state index contributed by atoms with van der Waals surface area (Å²) in [5.41, 5.74) is 3.86. The van der Waals surface area contributed by atoms with E-state index in [1.54, 1.807) is 25.3 Å². The number of ether oxygens (including phenoxy) is 2. The minimum absolute atomic E-state index is 0.00102. The maximum atomic E-state index is 12.8. The highest BCUT2D eigenvalue weighted by Crippen LogP contribution is 2.35. The largest absolute Gasteiger partial charge is 0.493 e. The Kier molecular flexibility index (Phi) is 7.95. The zero-order valence-corrected chi connectivity index (χ0v) is 22.9. The normalized spacial score (nSPS) is 11.4. The summed E-state index contributed by atoms with van der Waals surface area (Å²) < 4.78 is 12.4. The first-order chi connectivity index (χ1) is 19.1. The summed E-state index contributed by atoms with van der Waals surface area (Å²) in [4.78, 5) is 16.0. The molecule has 0 unspecified atom stereocenters. The van der Waals surface area contributed by atoms with Crippen LogP contribution in [0.1, 0.15) is 16.7 Å². The number of methoxy groups -OCH3 is 1. The number of halogens is 1. The second kappa shape index (κ2) is 11.9. The van der Waals surface area contributed by atoms with Crippen molar-refractivity contribution in [2.24, 2.45) is 0 Å². The molecule has 4 aromatic carbocycles. The van der Waals surface area contributed by atoms with Gasteiger partial charge < -0.3 is 19.8 Å². The molecule has 6 nitrogen and oxygen atoms in total. The Labute approximate surface area is 235 Å². The van der Waals surface area contributed by atoms with Crippen molar-refractivity contribution in [2.75, 3.05) is 13.7 Å². The molecule has 1 heterocycles. The fraction of sp³-hybridized carbons (Fsp3) is 0.125. The van der Waals surface area contributed by atoms with E-state index in [9.17, 15) is 10.1 Å². The van der Waals surface area contributed by atoms with Gasteiger partial charge in [-0.15, -0.1) is 0 Å². The number of nitrogens with one attached hydrogen (secondary N) is 2. The van der Waals surface area contributed by atoms with Crippen molar-refractivity contribution in [1.82, 2.24) is 10.3 Å². The topological polar surface area (TPSA) is 87.1 Å². The molecule has 0 spiro atoms. The predicted octanol–water partition coefficient (Wildman–Crippen LogP) is 6.94. The van der Waals surface area contributed by atoms with Crippen molar-refractivity contribution >= 4 is 49.6 Å². The first-order valence-corrected chi connectivity index (χ1v) is 13.3. The third-order valence-electron chi connectivity index (χ3n) is 6.57. The van der Waals surface area contributed by atoms with Crippen molar-refractivity contribution in [3.8, 4) is 17.6 Å². The van der Waals surface area contributed by atoms with Crippen LogP contribution in [0.2, 0.25) is 0 Å². The summed E-state index contributed by atoms with van der Waals surface area (Å²) in [5.74, 6) is 0.623. The molecule has 5 aromatic rings. The molecule has 7 heteroatoms. The van der Waals surface area contributed by atoms with Crippen LogP contribution in [-0.4, -0.2) is 24.5 Å². The molecule has 0 saturated carbocycles. The van der Waals surface area contributed by atoms with Crippen LogP contribution in [0.3, 0.4) is 0 Å². The molecule has 0 bridgehead atoms. The van der Waals surface area contributed by atoms with Gasteiger partial charge in [0.05, 0.1) is 7.11 Å². The van der Waals surface area contributed by atoms with E-state index in [4.69, 9.17) is 9.47 Å². The monoisotopic (exact) mass is 579 g/mol. The van der Waals surface area contributed by atoms with E-state index in [2.05, 4.69) is 44.4 Å². The molecule has 0 fully saturated rings. The Bertz CT molecular complexity index is 1730. The molecular weight excluding hydrogens is 554 g/mol. The first kappa shape index (κ1) is 26.1. The second-order valence-corrected chi connectivity index (χ2v) is 9.84. The van der Waals surface area contributed by atoms with Gasteiger partial charge in [-0.2, -0.15) is 5.26 Å². The number of benzene rings is 4. The van der Waals surface area contributed by atoms with Gasteiger partial charge in [0.1, 0.15) is 18.2 Å². The Morgan fingerprint density at radius 3 is 2.59 bits per heavy atom. The summed E-state index contributed by atoms with van der Waals surface area (Å²) in [5, 5.41) is 16.0. The van der Waals surface area contributed by atoms with Gasteiger partial charge in [0.2, 0.25) is 0 Å². The van der Waals surface area contributed by atoms with Gasteiger partial charge in [0.15, 0.2) is 11.5 Å². The summed E-state index contributed by atoms with van der Waals surface area (Å²) >= 11 is 3.56. The van der Waals surface area contributed by atoms with E-state index in [1.165, 1.54) is 0 Å². The van der Waals surface area contributed by atoms with Crippen LogP contribution >= 0.6 is 15.9 Å². The number of carbonyl (C=O) groups is 1.